The van der Waals surface area contributed by atoms with Crippen molar-refractivity contribution in [2.75, 3.05) is 19.7 Å². The molecule has 1 atom stereocenters. The smallest absolute Gasteiger partial charge is 0.317 e. The van der Waals surface area contributed by atoms with Gasteiger partial charge in [-0.1, -0.05) is 29.8 Å². The van der Waals surface area contributed by atoms with Crippen molar-refractivity contribution in [3.63, 3.8) is 0 Å². The third kappa shape index (κ3) is 4.74. The summed E-state index contributed by atoms with van der Waals surface area (Å²) in [5.41, 5.74) is 2.50. The Kier molecular flexibility index (Phi) is 6.05. The van der Waals surface area contributed by atoms with Gasteiger partial charge in [-0.25, -0.2) is 4.79 Å². The maximum Gasteiger partial charge on any atom is 0.317 e. The average molecular weight is 290 g/mol. The SMILES string of the molecule is Cc1cccc(CCNC(=O)N2CCCCC2CCO)c1. The van der Waals surface area contributed by atoms with Crippen molar-refractivity contribution >= 4 is 6.03 Å². The molecule has 1 aliphatic heterocycles. The largest absolute Gasteiger partial charge is 0.396 e. The molecule has 4 nitrogen and oxygen atoms in total. The van der Waals surface area contributed by atoms with Crippen LogP contribution >= 0.6 is 0 Å². The molecule has 0 radical (unpaired) electrons. The highest BCUT2D eigenvalue weighted by atomic mass is 16.3. The first-order valence-corrected chi connectivity index (χ1v) is 7.91. The second-order valence-corrected chi connectivity index (χ2v) is 5.83. The Bertz CT molecular complexity index is 460. The maximum absolute atomic E-state index is 12.3. The van der Waals surface area contributed by atoms with Gasteiger partial charge in [0.2, 0.25) is 0 Å². The quantitative estimate of drug-likeness (QED) is 0.875. The number of carbonyl (C=O) groups is 1. The van der Waals surface area contributed by atoms with Gasteiger partial charge in [-0.15, -0.1) is 0 Å². The maximum atomic E-state index is 12.3. The van der Waals surface area contributed by atoms with E-state index >= 15 is 0 Å². The molecule has 2 N–H and O–H groups in total. The van der Waals surface area contributed by atoms with Crippen LogP contribution in [0.25, 0.3) is 0 Å². The van der Waals surface area contributed by atoms with Gasteiger partial charge in [0.25, 0.3) is 0 Å². The van der Waals surface area contributed by atoms with Gasteiger partial charge < -0.3 is 15.3 Å². The van der Waals surface area contributed by atoms with Gasteiger partial charge in [0.05, 0.1) is 0 Å². The minimum absolute atomic E-state index is 0.0146. The fourth-order valence-electron chi connectivity index (χ4n) is 3.00. The minimum Gasteiger partial charge on any atom is -0.396 e. The van der Waals surface area contributed by atoms with E-state index in [0.29, 0.717) is 13.0 Å². The van der Waals surface area contributed by atoms with Gasteiger partial charge in [0.15, 0.2) is 0 Å². The molecule has 1 aromatic carbocycles. The second kappa shape index (κ2) is 8.03. The summed E-state index contributed by atoms with van der Waals surface area (Å²) >= 11 is 0. The predicted molar refractivity (Wildman–Crippen MR) is 84.3 cm³/mol. The molecule has 0 spiro atoms. The van der Waals surface area contributed by atoms with Gasteiger partial charge in [-0.3, -0.25) is 0 Å². The number of benzene rings is 1. The lowest BCUT2D eigenvalue weighted by Gasteiger charge is -2.35. The highest BCUT2D eigenvalue weighted by molar-refractivity contribution is 5.74. The van der Waals surface area contributed by atoms with Gasteiger partial charge in [-0.2, -0.15) is 0 Å². The first kappa shape index (κ1) is 15.8. The van der Waals surface area contributed by atoms with Crippen LogP contribution in [0, 0.1) is 6.92 Å². The van der Waals surface area contributed by atoms with E-state index in [4.69, 9.17) is 5.11 Å². The zero-order valence-electron chi connectivity index (χ0n) is 12.8. The number of aliphatic hydroxyl groups is 1. The summed E-state index contributed by atoms with van der Waals surface area (Å²) in [4.78, 5) is 14.2. The van der Waals surface area contributed by atoms with Gasteiger partial charge in [0.1, 0.15) is 0 Å². The summed E-state index contributed by atoms with van der Waals surface area (Å²) in [6, 6.07) is 8.59. The Morgan fingerprint density at radius 2 is 2.29 bits per heavy atom. The molecule has 2 rings (SSSR count). The van der Waals surface area contributed by atoms with Crippen molar-refractivity contribution in [1.82, 2.24) is 10.2 Å². The molecule has 1 saturated heterocycles. The lowest BCUT2D eigenvalue weighted by molar-refractivity contribution is 0.132. The predicted octanol–water partition coefficient (Wildman–Crippen LogP) is 2.48. The molecule has 2 amide bonds. The molecule has 1 heterocycles. The highest BCUT2D eigenvalue weighted by Gasteiger charge is 2.25. The molecular weight excluding hydrogens is 264 g/mol. The molecule has 1 aliphatic rings. The van der Waals surface area contributed by atoms with Crippen LogP contribution in [0.15, 0.2) is 24.3 Å². The van der Waals surface area contributed by atoms with Crippen LogP contribution in [-0.2, 0) is 6.42 Å². The molecule has 0 aliphatic carbocycles. The number of carbonyl (C=O) groups excluding carboxylic acids is 1. The van der Waals surface area contributed by atoms with Crippen LogP contribution in [-0.4, -0.2) is 41.8 Å². The number of hydrogen-bond donors (Lipinski definition) is 2. The van der Waals surface area contributed by atoms with Crippen molar-refractivity contribution in [3.8, 4) is 0 Å². The summed E-state index contributed by atoms with van der Waals surface area (Å²) in [6.45, 7) is 3.69. The number of aryl methyl sites for hydroxylation is 1. The number of likely N-dealkylation sites (tertiary alicyclic amines) is 1. The van der Waals surface area contributed by atoms with Crippen molar-refractivity contribution in [2.24, 2.45) is 0 Å². The fraction of sp³-hybridized carbons (Fsp3) is 0.588. The molecule has 1 aromatic rings. The molecule has 4 heteroatoms. The zero-order chi connectivity index (χ0) is 15.1. The number of nitrogens with zero attached hydrogens (tertiary/aromatic N) is 1. The van der Waals surface area contributed by atoms with E-state index in [2.05, 4.69) is 36.5 Å². The monoisotopic (exact) mass is 290 g/mol. The molecule has 21 heavy (non-hydrogen) atoms. The number of hydrogen-bond acceptors (Lipinski definition) is 2. The molecule has 0 bridgehead atoms. The van der Waals surface area contributed by atoms with E-state index in [9.17, 15) is 4.79 Å². The first-order chi connectivity index (χ1) is 10.2. The standard InChI is InChI=1S/C17H26N2O2/c1-14-5-4-6-15(13-14)8-10-18-17(21)19-11-3-2-7-16(19)9-12-20/h4-6,13,16,20H,2-3,7-12H2,1H3,(H,18,21). The van der Waals surface area contributed by atoms with E-state index in [1.54, 1.807) is 0 Å². The van der Waals surface area contributed by atoms with Crippen molar-refractivity contribution in [2.45, 2.75) is 45.1 Å². The number of nitrogens with one attached hydrogen (secondary N) is 1. The summed E-state index contributed by atoms with van der Waals surface area (Å²) in [7, 11) is 0. The van der Waals surface area contributed by atoms with Crippen LogP contribution < -0.4 is 5.32 Å². The van der Waals surface area contributed by atoms with Crippen LogP contribution in [0.5, 0.6) is 0 Å². The highest BCUT2D eigenvalue weighted by Crippen LogP contribution is 2.19. The molecule has 116 valence electrons. The number of piperidine rings is 1. The summed E-state index contributed by atoms with van der Waals surface area (Å²) in [5, 5.41) is 12.1. The van der Waals surface area contributed by atoms with Gasteiger partial charge >= 0.3 is 6.03 Å². The van der Waals surface area contributed by atoms with Crippen LogP contribution in [0.4, 0.5) is 4.79 Å². The second-order valence-electron chi connectivity index (χ2n) is 5.83. The third-order valence-corrected chi connectivity index (χ3v) is 4.12. The lowest BCUT2D eigenvalue weighted by Crippen LogP contribution is -2.49. The Morgan fingerprint density at radius 3 is 3.05 bits per heavy atom. The number of rotatable bonds is 5. The van der Waals surface area contributed by atoms with Crippen LogP contribution in [0.2, 0.25) is 0 Å². The molecule has 0 saturated carbocycles. The Labute approximate surface area is 127 Å². The van der Waals surface area contributed by atoms with E-state index < -0.39 is 0 Å². The van der Waals surface area contributed by atoms with E-state index in [1.807, 2.05) is 4.90 Å². The Morgan fingerprint density at radius 1 is 1.43 bits per heavy atom. The normalized spacial score (nSPS) is 18.6. The Balaban J connectivity index is 1.80. The zero-order valence-corrected chi connectivity index (χ0v) is 12.8. The number of aliphatic hydroxyl groups excluding tert-OH is 1. The van der Waals surface area contributed by atoms with E-state index in [-0.39, 0.29) is 18.7 Å². The molecule has 1 fully saturated rings. The minimum atomic E-state index is 0.0146. The summed E-state index contributed by atoms with van der Waals surface area (Å²) in [6.07, 6.45) is 4.76. The van der Waals surface area contributed by atoms with E-state index in [1.165, 1.54) is 11.1 Å². The van der Waals surface area contributed by atoms with E-state index in [0.717, 1.165) is 32.2 Å². The third-order valence-electron chi connectivity index (χ3n) is 4.12. The number of urea groups is 1. The molecule has 0 aromatic heterocycles. The van der Waals surface area contributed by atoms with Crippen LogP contribution in [0.1, 0.15) is 36.8 Å². The summed E-state index contributed by atoms with van der Waals surface area (Å²) < 4.78 is 0. The number of amides is 2. The fourth-order valence-corrected chi connectivity index (χ4v) is 3.00. The van der Waals surface area contributed by atoms with Crippen LogP contribution in [0.3, 0.4) is 0 Å². The molecule has 1 unspecified atom stereocenters. The topological polar surface area (TPSA) is 52.6 Å². The lowest BCUT2D eigenvalue weighted by atomic mass is 10.0. The van der Waals surface area contributed by atoms with Crippen molar-refractivity contribution < 1.29 is 9.90 Å². The molecular formula is C17H26N2O2. The Hall–Kier alpha value is -1.55. The van der Waals surface area contributed by atoms with Gasteiger partial charge in [-0.05, 0) is 44.6 Å². The average Bonchev–Trinajstić information content (AvgIpc) is 2.48. The van der Waals surface area contributed by atoms with Crippen molar-refractivity contribution in [1.29, 1.82) is 0 Å². The van der Waals surface area contributed by atoms with Crippen molar-refractivity contribution in [3.05, 3.63) is 35.4 Å². The van der Waals surface area contributed by atoms with Gasteiger partial charge in [0, 0.05) is 25.7 Å². The first-order valence-electron chi connectivity index (χ1n) is 7.91. The summed E-state index contributed by atoms with van der Waals surface area (Å²) in [5.74, 6) is 0.